The molecule has 0 saturated carbocycles. The first kappa shape index (κ1) is 19.5. The van der Waals surface area contributed by atoms with E-state index in [2.05, 4.69) is 4.98 Å². The van der Waals surface area contributed by atoms with Gasteiger partial charge < -0.3 is 9.52 Å². The number of rotatable bonds is 4. The molecule has 0 spiro atoms. The summed E-state index contributed by atoms with van der Waals surface area (Å²) < 4.78 is 19.4. The van der Waals surface area contributed by atoms with Crippen LogP contribution in [0.15, 0.2) is 76.6 Å². The average Bonchev–Trinajstić information content (AvgIpc) is 3.47. The second kappa shape index (κ2) is 7.33. The Morgan fingerprint density at radius 2 is 1.97 bits per heavy atom. The van der Waals surface area contributed by atoms with Crippen LogP contribution >= 0.6 is 22.9 Å². The second-order valence-electron chi connectivity index (χ2n) is 6.81. The van der Waals surface area contributed by atoms with Crippen molar-refractivity contribution in [3.63, 3.8) is 0 Å². The number of halogens is 2. The molecule has 154 valence electrons. The fraction of sp³-hybridized carbons (Fsp3) is 0.0455. The zero-order chi connectivity index (χ0) is 21.7. The van der Waals surface area contributed by atoms with Crippen LogP contribution in [0.25, 0.3) is 10.2 Å². The highest BCUT2D eigenvalue weighted by Crippen LogP contribution is 2.44. The van der Waals surface area contributed by atoms with Gasteiger partial charge in [-0.25, -0.2) is 9.37 Å². The molecule has 1 unspecified atom stereocenters. The number of aliphatic hydroxyl groups excluding tert-OH is 1. The normalized spacial score (nSPS) is 16.5. The maximum Gasteiger partial charge on any atom is 0.296 e. The molecule has 1 aliphatic rings. The van der Waals surface area contributed by atoms with E-state index in [-0.39, 0.29) is 16.5 Å². The Bertz CT molecular complexity index is 1360. The van der Waals surface area contributed by atoms with E-state index in [1.807, 2.05) is 0 Å². The summed E-state index contributed by atoms with van der Waals surface area (Å²) >= 11 is 7.09. The second-order valence-corrected chi connectivity index (χ2v) is 8.25. The van der Waals surface area contributed by atoms with E-state index in [1.54, 1.807) is 30.3 Å². The van der Waals surface area contributed by atoms with Crippen LogP contribution in [0.5, 0.6) is 0 Å². The number of aromatic nitrogens is 1. The maximum absolute atomic E-state index is 13.6. The van der Waals surface area contributed by atoms with Crippen LogP contribution in [0.3, 0.4) is 0 Å². The monoisotopic (exact) mass is 454 g/mol. The molecule has 1 amide bonds. The van der Waals surface area contributed by atoms with E-state index in [0.29, 0.717) is 20.8 Å². The average molecular weight is 455 g/mol. The zero-order valence-corrected chi connectivity index (χ0v) is 17.2. The third kappa shape index (κ3) is 3.20. The number of ketones is 1. The van der Waals surface area contributed by atoms with Gasteiger partial charge in [0.1, 0.15) is 5.82 Å². The number of amides is 1. The maximum atomic E-state index is 13.6. The highest BCUT2D eigenvalue weighted by molar-refractivity contribution is 7.22. The molecule has 1 N–H and O–H groups in total. The number of nitrogens with zero attached hydrogens (tertiary/aromatic N) is 2. The van der Waals surface area contributed by atoms with Crippen LogP contribution in [0, 0.1) is 5.82 Å². The summed E-state index contributed by atoms with van der Waals surface area (Å²) in [7, 11) is 0. The molecular weight excluding hydrogens is 443 g/mol. The molecule has 0 saturated heterocycles. The third-order valence-electron chi connectivity index (χ3n) is 4.93. The van der Waals surface area contributed by atoms with Gasteiger partial charge in [0, 0.05) is 5.02 Å². The van der Waals surface area contributed by atoms with Crippen molar-refractivity contribution in [3.8, 4) is 0 Å². The predicted octanol–water partition coefficient (Wildman–Crippen LogP) is 5.46. The summed E-state index contributed by atoms with van der Waals surface area (Å²) in [6.45, 7) is 0. The first-order valence-electron chi connectivity index (χ1n) is 9.10. The van der Waals surface area contributed by atoms with Crippen molar-refractivity contribution >= 4 is 50.0 Å². The van der Waals surface area contributed by atoms with Gasteiger partial charge in [0.25, 0.3) is 5.91 Å². The first-order valence-corrected chi connectivity index (χ1v) is 10.3. The van der Waals surface area contributed by atoms with Crippen LogP contribution in [0.4, 0.5) is 9.52 Å². The lowest BCUT2D eigenvalue weighted by molar-refractivity contribution is -0.117. The van der Waals surface area contributed by atoms with Crippen molar-refractivity contribution in [2.24, 2.45) is 0 Å². The zero-order valence-electron chi connectivity index (χ0n) is 15.6. The predicted molar refractivity (Wildman–Crippen MR) is 114 cm³/mol. The number of anilines is 1. The standard InChI is InChI=1S/C22H12ClFN2O4S/c23-12-5-3-11(4-6-12)18-17(19(27)15-2-1-9-30-15)20(28)21(29)26(18)22-25-14-8-7-13(24)10-16(14)31-22/h1-10,18,28H. The minimum atomic E-state index is -0.965. The molecule has 1 aliphatic heterocycles. The van der Waals surface area contributed by atoms with Crippen LogP contribution in [0.2, 0.25) is 5.02 Å². The SMILES string of the molecule is O=C(C1=C(O)C(=O)N(c2nc3ccc(F)cc3s2)C1c1ccc(Cl)cc1)c1ccco1. The molecule has 9 heteroatoms. The van der Waals surface area contributed by atoms with E-state index in [1.165, 1.54) is 35.4 Å². The summed E-state index contributed by atoms with van der Waals surface area (Å²) in [4.78, 5) is 31.9. The van der Waals surface area contributed by atoms with Crippen molar-refractivity contribution in [1.29, 1.82) is 0 Å². The van der Waals surface area contributed by atoms with Gasteiger partial charge in [-0.1, -0.05) is 35.1 Å². The van der Waals surface area contributed by atoms with Crippen molar-refractivity contribution in [1.82, 2.24) is 4.98 Å². The molecule has 1 atom stereocenters. The number of hydrogen-bond acceptors (Lipinski definition) is 6. The van der Waals surface area contributed by atoms with Gasteiger partial charge in [0.15, 0.2) is 16.7 Å². The molecule has 31 heavy (non-hydrogen) atoms. The van der Waals surface area contributed by atoms with E-state index in [4.69, 9.17) is 16.0 Å². The molecule has 5 rings (SSSR count). The van der Waals surface area contributed by atoms with E-state index in [9.17, 15) is 19.1 Å². The first-order chi connectivity index (χ1) is 14.9. The lowest BCUT2D eigenvalue weighted by Crippen LogP contribution is -2.30. The van der Waals surface area contributed by atoms with Gasteiger partial charge in [0.05, 0.1) is 28.1 Å². The van der Waals surface area contributed by atoms with Crippen molar-refractivity contribution in [2.45, 2.75) is 6.04 Å². The number of fused-ring (bicyclic) bond motifs is 1. The largest absolute Gasteiger partial charge is 0.503 e. The molecule has 4 aromatic rings. The molecule has 0 aliphatic carbocycles. The number of carbonyl (C=O) groups excluding carboxylic acids is 2. The van der Waals surface area contributed by atoms with E-state index < -0.39 is 29.3 Å². The number of Topliss-reactive ketones (excluding diaryl/α,β-unsaturated/α-hetero) is 1. The number of benzene rings is 2. The highest BCUT2D eigenvalue weighted by atomic mass is 35.5. The van der Waals surface area contributed by atoms with Crippen LogP contribution in [-0.2, 0) is 4.79 Å². The molecule has 2 aromatic heterocycles. The smallest absolute Gasteiger partial charge is 0.296 e. The van der Waals surface area contributed by atoms with Crippen molar-refractivity contribution < 1.29 is 23.5 Å². The number of aliphatic hydroxyl groups is 1. The van der Waals surface area contributed by atoms with Crippen LogP contribution in [-0.4, -0.2) is 21.8 Å². The summed E-state index contributed by atoms with van der Waals surface area (Å²) in [5.74, 6) is -2.53. The van der Waals surface area contributed by atoms with E-state index in [0.717, 1.165) is 11.3 Å². The fourth-order valence-electron chi connectivity index (χ4n) is 3.52. The third-order valence-corrected chi connectivity index (χ3v) is 6.20. The Kier molecular flexibility index (Phi) is 4.60. The van der Waals surface area contributed by atoms with Gasteiger partial charge in [-0.05, 0) is 48.0 Å². The molecule has 3 heterocycles. The highest BCUT2D eigenvalue weighted by Gasteiger charge is 2.46. The Morgan fingerprint density at radius 3 is 2.68 bits per heavy atom. The van der Waals surface area contributed by atoms with Gasteiger partial charge in [-0.2, -0.15) is 0 Å². The van der Waals surface area contributed by atoms with Gasteiger partial charge in [-0.15, -0.1) is 0 Å². The molecular formula is C22H12ClFN2O4S. The Morgan fingerprint density at radius 1 is 1.19 bits per heavy atom. The molecule has 0 bridgehead atoms. The number of thiazole rings is 1. The fourth-order valence-corrected chi connectivity index (χ4v) is 4.67. The Labute approximate surface area is 183 Å². The summed E-state index contributed by atoms with van der Waals surface area (Å²) in [6, 6.07) is 12.7. The lowest BCUT2D eigenvalue weighted by Gasteiger charge is -2.24. The molecule has 6 nitrogen and oxygen atoms in total. The van der Waals surface area contributed by atoms with Gasteiger partial charge in [0.2, 0.25) is 5.78 Å². The van der Waals surface area contributed by atoms with Crippen molar-refractivity contribution in [2.75, 3.05) is 4.90 Å². The summed E-state index contributed by atoms with van der Waals surface area (Å²) in [5.41, 5.74) is 0.907. The quantitative estimate of drug-likeness (QED) is 0.414. The molecule has 0 radical (unpaired) electrons. The number of carbonyl (C=O) groups is 2. The lowest BCUT2D eigenvalue weighted by atomic mass is 9.95. The van der Waals surface area contributed by atoms with Crippen LogP contribution < -0.4 is 4.90 Å². The number of hydrogen-bond donors (Lipinski definition) is 1. The summed E-state index contributed by atoms with van der Waals surface area (Å²) in [5, 5.41) is 11.4. The van der Waals surface area contributed by atoms with Gasteiger partial charge in [-0.3, -0.25) is 14.5 Å². The Hall–Kier alpha value is -3.49. The topological polar surface area (TPSA) is 83.6 Å². The number of furan rings is 1. The Balaban J connectivity index is 1.68. The van der Waals surface area contributed by atoms with Crippen molar-refractivity contribution in [3.05, 3.63) is 94.4 Å². The minimum absolute atomic E-state index is 0.0125. The van der Waals surface area contributed by atoms with E-state index >= 15 is 0 Å². The molecule has 2 aromatic carbocycles. The summed E-state index contributed by atoms with van der Waals surface area (Å²) in [6.07, 6.45) is 1.33. The van der Waals surface area contributed by atoms with Gasteiger partial charge >= 0.3 is 0 Å². The minimum Gasteiger partial charge on any atom is -0.503 e. The molecule has 0 fully saturated rings. The van der Waals surface area contributed by atoms with Crippen LogP contribution in [0.1, 0.15) is 22.2 Å².